The molecule has 0 saturated carbocycles. The summed E-state index contributed by atoms with van der Waals surface area (Å²) < 4.78 is 33.4. The van der Waals surface area contributed by atoms with Crippen LogP contribution in [0.4, 0.5) is 0 Å². The van der Waals surface area contributed by atoms with E-state index in [9.17, 15) is 13.2 Å². The minimum absolute atomic E-state index is 0.0876. The van der Waals surface area contributed by atoms with Crippen molar-refractivity contribution < 1.29 is 23.1 Å². The van der Waals surface area contributed by atoms with E-state index in [4.69, 9.17) is 9.84 Å². The SMILES string of the molecule is CCOc1ccc(S(=O)(=O)N(Cc2ccc(C(=O)O)cc2)Cc2cccnc2)cc1. The third-order valence-corrected chi connectivity index (χ3v) is 6.22. The van der Waals surface area contributed by atoms with Gasteiger partial charge >= 0.3 is 5.97 Å². The fourth-order valence-corrected chi connectivity index (χ4v) is 4.32. The minimum atomic E-state index is -3.82. The number of carboxylic acid groups (broad SMARTS) is 1. The van der Waals surface area contributed by atoms with E-state index in [1.54, 1.807) is 48.8 Å². The molecule has 0 aliphatic heterocycles. The van der Waals surface area contributed by atoms with Gasteiger partial charge in [0, 0.05) is 25.5 Å². The summed E-state index contributed by atoms with van der Waals surface area (Å²) in [5.41, 5.74) is 1.57. The molecule has 0 bridgehead atoms. The lowest BCUT2D eigenvalue weighted by molar-refractivity contribution is 0.0697. The number of hydrogen-bond acceptors (Lipinski definition) is 5. The van der Waals surface area contributed by atoms with Crippen molar-refractivity contribution in [2.75, 3.05) is 6.61 Å². The van der Waals surface area contributed by atoms with Crippen molar-refractivity contribution in [1.29, 1.82) is 0 Å². The van der Waals surface area contributed by atoms with Crippen molar-refractivity contribution in [3.63, 3.8) is 0 Å². The van der Waals surface area contributed by atoms with Gasteiger partial charge in [0.2, 0.25) is 10.0 Å². The van der Waals surface area contributed by atoms with Crippen LogP contribution in [0.25, 0.3) is 0 Å². The third-order valence-electron chi connectivity index (χ3n) is 4.41. The maximum atomic E-state index is 13.4. The smallest absolute Gasteiger partial charge is 0.335 e. The number of sulfonamides is 1. The summed E-state index contributed by atoms with van der Waals surface area (Å²) in [7, 11) is -3.82. The second kappa shape index (κ2) is 9.51. The Kier molecular flexibility index (Phi) is 6.81. The predicted octanol–water partition coefficient (Wildman–Crippen LogP) is 3.57. The second-order valence-electron chi connectivity index (χ2n) is 6.54. The molecule has 0 aliphatic rings. The lowest BCUT2D eigenvalue weighted by Gasteiger charge is -2.22. The lowest BCUT2D eigenvalue weighted by atomic mass is 10.1. The molecule has 30 heavy (non-hydrogen) atoms. The second-order valence-corrected chi connectivity index (χ2v) is 8.48. The summed E-state index contributed by atoms with van der Waals surface area (Å²) in [6.07, 6.45) is 3.24. The van der Waals surface area contributed by atoms with Crippen LogP contribution in [0.1, 0.15) is 28.4 Å². The van der Waals surface area contributed by atoms with Gasteiger partial charge in [0.1, 0.15) is 5.75 Å². The first-order valence-corrected chi connectivity index (χ1v) is 10.8. The van der Waals surface area contributed by atoms with Gasteiger partial charge in [-0.25, -0.2) is 13.2 Å². The quantitative estimate of drug-likeness (QED) is 0.562. The molecule has 8 heteroatoms. The summed E-state index contributed by atoms with van der Waals surface area (Å²) in [5.74, 6) is -0.435. The molecule has 1 N–H and O–H groups in total. The van der Waals surface area contributed by atoms with Crippen LogP contribution in [0.3, 0.4) is 0 Å². The van der Waals surface area contributed by atoms with Crippen LogP contribution in [0.5, 0.6) is 5.75 Å². The Balaban J connectivity index is 1.92. The molecule has 156 valence electrons. The molecule has 7 nitrogen and oxygen atoms in total. The largest absolute Gasteiger partial charge is 0.494 e. The molecule has 0 aliphatic carbocycles. The summed E-state index contributed by atoms with van der Waals surface area (Å²) in [6.45, 7) is 2.57. The summed E-state index contributed by atoms with van der Waals surface area (Å²) in [4.78, 5) is 15.3. The molecule has 3 rings (SSSR count). The summed E-state index contributed by atoms with van der Waals surface area (Å²) >= 11 is 0. The number of ether oxygens (including phenoxy) is 1. The van der Waals surface area contributed by atoms with Crippen LogP contribution in [0.15, 0.2) is 78.0 Å². The van der Waals surface area contributed by atoms with Gasteiger partial charge in [-0.15, -0.1) is 0 Å². The molecule has 0 saturated heterocycles. The van der Waals surface area contributed by atoms with Gasteiger partial charge in [-0.3, -0.25) is 4.98 Å². The van der Waals surface area contributed by atoms with Gasteiger partial charge in [-0.05, 0) is 60.5 Å². The molecule has 0 spiro atoms. The first-order valence-electron chi connectivity index (χ1n) is 9.34. The van der Waals surface area contributed by atoms with Gasteiger partial charge in [0.05, 0.1) is 17.1 Å². The van der Waals surface area contributed by atoms with Gasteiger partial charge in [-0.1, -0.05) is 18.2 Å². The number of carboxylic acids is 1. The summed E-state index contributed by atoms with van der Waals surface area (Å²) in [5, 5.41) is 9.07. The topological polar surface area (TPSA) is 96.8 Å². The van der Waals surface area contributed by atoms with E-state index in [2.05, 4.69) is 4.98 Å². The normalized spacial score (nSPS) is 11.4. The van der Waals surface area contributed by atoms with Crippen LogP contribution >= 0.6 is 0 Å². The number of aromatic nitrogens is 1. The molecular formula is C22H22N2O5S. The van der Waals surface area contributed by atoms with Gasteiger partial charge < -0.3 is 9.84 Å². The van der Waals surface area contributed by atoms with Crippen LogP contribution in [-0.2, 0) is 23.1 Å². The molecule has 1 heterocycles. The van der Waals surface area contributed by atoms with Gasteiger partial charge in [-0.2, -0.15) is 4.31 Å². The highest BCUT2D eigenvalue weighted by Crippen LogP contribution is 2.23. The van der Waals surface area contributed by atoms with E-state index in [1.807, 2.05) is 6.92 Å². The molecule has 0 unspecified atom stereocenters. The van der Waals surface area contributed by atoms with E-state index in [0.717, 1.165) is 5.56 Å². The predicted molar refractivity (Wildman–Crippen MR) is 112 cm³/mol. The fraction of sp³-hybridized carbons (Fsp3) is 0.182. The van der Waals surface area contributed by atoms with Gasteiger partial charge in [0.15, 0.2) is 0 Å². The highest BCUT2D eigenvalue weighted by molar-refractivity contribution is 7.89. The molecule has 0 atom stereocenters. The maximum absolute atomic E-state index is 13.4. The summed E-state index contributed by atoms with van der Waals surface area (Å²) in [6, 6.07) is 16.0. The Bertz CT molecular complexity index is 1080. The fourth-order valence-electron chi connectivity index (χ4n) is 2.90. The van der Waals surface area contributed by atoms with Crippen molar-refractivity contribution in [2.24, 2.45) is 0 Å². The van der Waals surface area contributed by atoms with Crippen molar-refractivity contribution >= 4 is 16.0 Å². The first-order chi connectivity index (χ1) is 14.4. The average molecular weight is 426 g/mol. The molecule has 2 aromatic carbocycles. The number of benzene rings is 2. The Morgan fingerprint density at radius 1 is 1.00 bits per heavy atom. The number of aromatic carboxylic acids is 1. The number of carbonyl (C=O) groups is 1. The standard InChI is InChI=1S/C22H22N2O5S/c1-2-29-20-9-11-21(12-10-20)30(27,28)24(16-18-4-3-13-23-14-18)15-17-5-7-19(8-6-17)22(25)26/h3-14H,2,15-16H2,1H3,(H,25,26). The van der Waals surface area contributed by atoms with E-state index >= 15 is 0 Å². The molecular weight excluding hydrogens is 404 g/mol. The van der Waals surface area contributed by atoms with Crippen LogP contribution in [0, 0.1) is 0 Å². The van der Waals surface area contributed by atoms with Crippen molar-refractivity contribution in [1.82, 2.24) is 9.29 Å². The zero-order chi connectivity index (χ0) is 21.6. The Morgan fingerprint density at radius 2 is 1.67 bits per heavy atom. The monoisotopic (exact) mass is 426 g/mol. The average Bonchev–Trinajstić information content (AvgIpc) is 2.75. The zero-order valence-electron chi connectivity index (χ0n) is 16.4. The van der Waals surface area contributed by atoms with E-state index in [-0.39, 0.29) is 23.5 Å². The van der Waals surface area contributed by atoms with Crippen LogP contribution in [0.2, 0.25) is 0 Å². The molecule has 3 aromatic rings. The third kappa shape index (κ3) is 5.22. The molecule has 1 aromatic heterocycles. The molecule has 0 fully saturated rings. The maximum Gasteiger partial charge on any atom is 0.335 e. The lowest BCUT2D eigenvalue weighted by Crippen LogP contribution is -2.30. The zero-order valence-corrected chi connectivity index (χ0v) is 17.2. The number of nitrogens with zero attached hydrogens (tertiary/aromatic N) is 2. The van der Waals surface area contributed by atoms with Crippen molar-refractivity contribution in [2.45, 2.75) is 24.9 Å². The highest BCUT2D eigenvalue weighted by Gasteiger charge is 2.25. The van der Waals surface area contributed by atoms with E-state index < -0.39 is 16.0 Å². The first kappa shape index (κ1) is 21.5. The van der Waals surface area contributed by atoms with Crippen molar-refractivity contribution in [3.8, 4) is 5.75 Å². The van der Waals surface area contributed by atoms with Crippen molar-refractivity contribution in [3.05, 3.63) is 89.7 Å². The Morgan fingerprint density at radius 3 is 2.23 bits per heavy atom. The highest BCUT2D eigenvalue weighted by atomic mass is 32.2. The molecule has 0 radical (unpaired) electrons. The molecule has 0 amide bonds. The minimum Gasteiger partial charge on any atom is -0.494 e. The van der Waals surface area contributed by atoms with Gasteiger partial charge in [0.25, 0.3) is 0 Å². The van der Waals surface area contributed by atoms with E-state index in [0.29, 0.717) is 17.9 Å². The number of rotatable bonds is 9. The number of pyridine rings is 1. The Labute approximate surface area is 175 Å². The van der Waals surface area contributed by atoms with E-state index in [1.165, 1.54) is 28.6 Å². The Hall–Kier alpha value is -3.23. The van der Waals surface area contributed by atoms with Crippen LogP contribution < -0.4 is 4.74 Å². The van der Waals surface area contributed by atoms with Crippen LogP contribution in [-0.4, -0.2) is 35.4 Å². The number of hydrogen-bond donors (Lipinski definition) is 1.